The minimum absolute atomic E-state index is 0.352. The Morgan fingerprint density at radius 3 is 2.48 bits per heavy atom. The van der Waals surface area contributed by atoms with Gasteiger partial charge in [0.05, 0.1) is 5.56 Å². The van der Waals surface area contributed by atoms with Crippen LogP contribution in [-0.2, 0) is 6.54 Å². The molecule has 29 heavy (non-hydrogen) atoms. The van der Waals surface area contributed by atoms with Crippen LogP contribution in [0.2, 0.25) is 0 Å². The second-order valence-electron chi connectivity index (χ2n) is 8.52. The molecule has 0 amide bonds. The SMILES string of the molecule is CCC(CN(C)Cc1cc(C(=O)O)ccc1-c1ccccc1)N1CCC(C)CC1. The largest absolute Gasteiger partial charge is 0.478 e. The summed E-state index contributed by atoms with van der Waals surface area (Å²) in [5, 5.41) is 9.46. The van der Waals surface area contributed by atoms with E-state index in [0.717, 1.165) is 42.1 Å². The maximum Gasteiger partial charge on any atom is 0.335 e. The van der Waals surface area contributed by atoms with Crippen LogP contribution in [0.4, 0.5) is 0 Å². The first kappa shape index (κ1) is 21.5. The molecule has 1 aliphatic heterocycles. The summed E-state index contributed by atoms with van der Waals surface area (Å²) in [4.78, 5) is 16.5. The molecule has 0 saturated carbocycles. The van der Waals surface area contributed by atoms with E-state index >= 15 is 0 Å². The average Bonchev–Trinajstić information content (AvgIpc) is 2.73. The van der Waals surface area contributed by atoms with Crippen LogP contribution in [0, 0.1) is 5.92 Å². The van der Waals surface area contributed by atoms with Crippen LogP contribution in [0.15, 0.2) is 48.5 Å². The number of nitrogens with zero attached hydrogens (tertiary/aromatic N) is 2. The second kappa shape index (κ2) is 10.0. The fourth-order valence-electron chi connectivity index (χ4n) is 4.37. The van der Waals surface area contributed by atoms with E-state index in [4.69, 9.17) is 0 Å². The van der Waals surface area contributed by atoms with Gasteiger partial charge in [0.25, 0.3) is 0 Å². The number of likely N-dealkylation sites (N-methyl/N-ethyl adjacent to an activating group) is 1. The zero-order chi connectivity index (χ0) is 20.8. The maximum absolute atomic E-state index is 11.5. The topological polar surface area (TPSA) is 43.8 Å². The molecule has 0 aromatic heterocycles. The van der Waals surface area contributed by atoms with Crippen LogP contribution in [0.25, 0.3) is 11.1 Å². The fraction of sp³-hybridized carbons (Fsp3) is 0.480. The van der Waals surface area contributed by atoms with E-state index in [2.05, 4.69) is 42.8 Å². The van der Waals surface area contributed by atoms with Crippen molar-refractivity contribution in [2.75, 3.05) is 26.7 Å². The molecule has 4 heteroatoms. The van der Waals surface area contributed by atoms with E-state index in [1.165, 1.54) is 25.9 Å². The predicted molar refractivity (Wildman–Crippen MR) is 119 cm³/mol. The van der Waals surface area contributed by atoms with Crippen LogP contribution < -0.4 is 0 Å². The quantitative estimate of drug-likeness (QED) is 0.685. The lowest BCUT2D eigenvalue weighted by molar-refractivity contribution is 0.0696. The Bertz CT molecular complexity index is 798. The molecule has 1 N–H and O–H groups in total. The molecule has 2 aromatic rings. The molecule has 0 spiro atoms. The molecule has 4 nitrogen and oxygen atoms in total. The molecule has 0 radical (unpaired) electrons. The van der Waals surface area contributed by atoms with Gasteiger partial charge >= 0.3 is 5.97 Å². The average molecular weight is 395 g/mol. The lowest BCUT2D eigenvalue weighted by Crippen LogP contribution is -2.46. The number of carboxylic acid groups (broad SMARTS) is 1. The highest BCUT2D eigenvalue weighted by Gasteiger charge is 2.23. The number of benzene rings is 2. The van der Waals surface area contributed by atoms with Gasteiger partial charge in [0.15, 0.2) is 0 Å². The number of aromatic carboxylic acids is 1. The van der Waals surface area contributed by atoms with Gasteiger partial charge in [0.1, 0.15) is 0 Å². The number of carbonyl (C=O) groups is 1. The summed E-state index contributed by atoms with van der Waals surface area (Å²) in [6, 6.07) is 16.3. The van der Waals surface area contributed by atoms with Gasteiger partial charge in [0, 0.05) is 19.1 Å². The Balaban J connectivity index is 1.76. The van der Waals surface area contributed by atoms with Gasteiger partial charge in [-0.1, -0.05) is 50.2 Å². The third-order valence-electron chi connectivity index (χ3n) is 6.21. The predicted octanol–water partition coefficient (Wildman–Crippen LogP) is 4.99. The summed E-state index contributed by atoms with van der Waals surface area (Å²) in [6.07, 6.45) is 3.72. The highest BCUT2D eigenvalue weighted by Crippen LogP contribution is 2.26. The van der Waals surface area contributed by atoms with Gasteiger partial charge in [0.2, 0.25) is 0 Å². The van der Waals surface area contributed by atoms with Crippen molar-refractivity contribution in [3.8, 4) is 11.1 Å². The van der Waals surface area contributed by atoms with Crippen LogP contribution in [-0.4, -0.2) is 53.6 Å². The highest BCUT2D eigenvalue weighted by molar-refractivity contribution is 5.89. The first-order valence-electron chi connectivity index (χ1n) is 10.8. The molecular weight excluding hydrogens is 360 g/mol. The molecular formula is C25H34N2O2. The van der Waals surface area contributed by atoms with E-state index in [0.29, 0.717) is 11.6 Å². The fourth-order valence-corrected chi connectivity index (χ4v) is 4.37. The minimum Gasteiger partial charge on any atom is -0.478 e. The summed E-state index contributed by atoms with van der Waals surface area (Å²) in [7, 11) is 2.15. The van der Waals surface area contributed by atoms with Gasteiger partial charge < -0.3 is 10.0 Å². The van der Waals surface area contributed by atoms with Crippen LogP contribution in [0.3, 0.4) is 0 Å². The molecule has 1 saturated heterocycles. The molecule has 1 aliphatic rings. The molecule has 2 aromatic carbocycles. The zero-order valence-corrected chi connectivity index (χ0v) is 18.0. The Hall–Kier alpha value is -2.17. The Kier molecular flexibility index (Phi) is 7.45. The van der Waals surface area contributed by atoms with Crippen molar-refractivity contribution in [2.24, 2.45) is 5.92 Å². The highest BCUT2D eigenvalue weighted by atomic mass is 16.4. The molecule has 156 valence electrons. The third kappa shape index (κ3) is 5.68. The van der Waals surface area contributed by atoms with Crippen molar-refractivity contribution < 1.29 is 9.90 Å². The molecule has 0 aliphatic carbocycles. The van der Waals surface area contributed by atoms with Crippen molar-refractivity contribution in [1.29, 1.82) is 0 Å². The van der Waals surface area contributed by atoms with Gasteiger partial charge in [-0.15, -0.1) is 0 Å². The maximum atomic E-state index is 11.5. The van der Waals surface area contributed by atoms with E-state index in [-0.39, 0.29) is 0 Å². The third-order valence-corrected chi connectivity index (χ3v) is 6.21. The Labute approximate surface area is 175 Å². The summed E-state index contributed by atoms with van der Waals surface area (Å²) < 4.78 is 0. The van der Waals surface area contributed by atoms with Crippen LogP contribution in [0.1, 0.15) is 49.0 Å². The summed E-state index contributed by atoms with van der Waals surface area (Å²) >= 11 is 0. The van der Waals surface area contributed by atoms with Crippen molar-refractivity contribution in [3.63, 3.8) is 0 Å². The zero-order valence-electron chi connectivity index (χ0n) is 18.0. The second-order valence-corrected chi connectivity index (χ2v) is 8.52. The number of carboxylic acids is 1. The Morgan fingerprint density at radius 2 is 1.86 bits per heavy atom. The first-order valence-corrected chi connectivity index (χ1v) is 10.8. The number of hydrogen-bond acceptors (Lipinski definition) is 3. The monoisotopic (exact) mass is 394 g/mol. The molecule has 1 unspecified atom stereocenters. The van der Waals surface area contributed by atoms with E-state index in [1.807, 2.05) is 30.3 Å². The van der Waals surface area contributed by atoms with Crippen LogP contribution >= 0.6 is 0 Å². The minimum atomic E-state index is -0.873. The summed E-state index contributed by atoms with van der Waals surface area (Å²) in [6.45, 7) is 8.75. The molecule has 1 fully saturated rings. The van der Waals surface area contributed by atoms with Crippen molar-refractivity contribution >= 4 is 5.97 Å². The van der Waals surface area contributed by atoms with Crippen molar-refractivity contribution in [1.82, 2.24) is 9.80 Å². The van der Waals surface area contributed by atoms with Gasteiger partial charge in [-0.3, -0.25) is 4.90 Å². The van der Waals surface area contributed by atoms with Crippen molar-refractivity contribution in [2.45, 2.75) is 45.7 Å². The molecule has 3 rings (SSSR count). The van der Waals surface area contributed by atoms with E-state index in [1.54, 1.807) is 6.07 Å². The number of piperidine rings is 1. The smallest absolute Gasteiger partial charge is 0.335 e. The number of rotatable bonds is 8. The van der Waals surface area contributed by atoms with E-state index in [9.17, 15) is 9.90 Å². The van der Waals surface area contributed by atoms with Gasteiger partial charge in [-0.2, -0.15) is 0 Å². The van der Waals surface area contributed by atoms with Crippen molar-refractivity contribution in [3.05, 3.63) is 59.7 Å². The van der Waals surface area contributed by atoms with Crippen LogP contribution in [0.5, 0.6) is 0 Å². The molecule has 1 atom stereocenters. The number of hydrogen-bond donors (Lipinski definition) is 1. The lowest BCUT2D eigenvalue weighted by atomic mass is 9.96. The van der Waals surface area contributed by atoms with Gasteiger partial charge in [-0.05, 0) is 74.1 Å². The molecule has 0 bridgehead atoms. The standard InChI is InChI=1S/C25H34N2O2/c1-4-23(27-14-12-19(2)13-15-27)18-26(3)17-22-16-21(25(28)29)10-11-24(22)20-8-6-5-7-9-20/h5-11,16,19,23H,4,12-15,17-18H2,1-3H3,(H,28,29). The first-order chi connectivity index (χ1) is 14.0. The van der Waals surface area contributed by atoms with E-state index < -0.39 is 5.97 Å². The normalized spacial score (nSPS) is 16.8. The Morgan fingerprint density at radius 1 is 1.17 bits per heavy atom. The summed E-state index contributed by atoms with van der Waals surface area (Å²) in [5.41, 5.74) is 3.66. The summed E-state index contributed by atoms with van der Waals surface area (Å²) in [5.74, 6) is -0.0314. The lowest BCUT2D eigenvalue weighted by Gasteiger charge is -2.38. The van der Waals surface area contributed by atoms with Gasteiger partial charge in [-0.25, -0.2) is 4.79 Å². The molecule has 1 heterocycles. The number of likely N-dealkylation sites (tertiary alicyclic amines) is 1.